The molecule has 1 aromatic heterocycles. The van der Waals surface area contributed by atoms with Crippen LogP contribution in [-0.2, 0) is 0 Å². The number of hydrogen-bond donors (Lipinski definition) is 3. The van der Waals surface area contributed by atoms with Gasteiger partial charge in [-0.25, -0.2) is 0 Å². The molecule has 0 saturated carbocycles. The zero-order chi connectivity index (χ0) is 13.4. The normalized spacial score (nSPS) is 10.7. The molecule has 1 heterocycles. The van der Waals surface area contributed by atoms with Gasteiger partial charge in [-0.2, -0.15) is 5.10 Å². The standard InChI is InChI=1S/C14H11N3OS/c15-14(19)8-4-5-13(18)10(6-8)9-2-1-3-12-11(9)7-16-17-12/h1-7,18H,(H2,15,19)(H,16,17). The van der Waals surface area contributed by atoms with Crippen molar-refractivity contribution in [2.45, 2.75) is 0 Å². The highest BCUT2D eigenvalue weighted by atomic mass is 32.1. The van der Waals surface area contributed by atoms with Crippen molar-refractivity contribution in [2.75, 3.05) is 0 Å². The van der Waals surface area contributed by atoms with E-state index in [1.54, 1.807) is 24.4 Å². The highest BCUT2D eigenvalue weighted by molar-refractivity contribution is 7.80. The number of hydrogen-bond acceptors (Lipinski definition) is 3. The third kappa shape index (κ3) is 1.94. The van der Waals surface area contributed by atoms with E-state index in [9.17, 15) is 5.11 Å². The topological polar surface area (TPSA) is 74.9 Å². The quantitative estimate of drug-likeness (QED) is 0.625. The average Bonchev–Trinajstić information content (AvgIpc) is 2.87. The van der Waals surface area contributed by atoms with Crippen molar-refractivity contribution in [2.24, 2.45) is 5.73 Å². The van der Waals surface area contributed by atoms with Gasteiger partial charge < -0.3 is 10.8 Å². The smallest absolute Gasteiger partial charge is 0.123 e. The van der Waals surface area contributed by atoms with Crippen molar-refractivity contribution >= 4 is 28.1 Å². The number of H-pyrrole nitrogens is 1. The Bertz CT molecular complexity index is 779. The molecule has 0 aliphatic heterocycles. The van der Waals surface area contributed by atoms with Gasteiger partial charge in [0, 0.05) is 16.5 Å². The van der Waals surface area contributed by atoms with Gasteiger partial charge in [0.2, 0.25) is 0 Å². The number of phenolic OH excluding ortho intramolecular Hbond substituents is 1. The maximum Gasteiger partial charge on any atom is 0.123 e. The predicted molar refractivity (Wildman–Crippen MR) is 79.1 cm³/mol. The number of benzene rings is 2. The number of nitrogens with two attached hydrogens (primary N) is 1. The van der Waals surface area contributed by atoms with Crippen LogP contribution in [0, 0.1) is 0 Å². The number of nitrogens with zero attached hydrogens (tertiary/aromatic N) is 1. The van der Waals surface area contributed by atoms with E-state index in [4.69, 9.17) is 18.0 Å². The summed E-state index contributed by atoms with van der Waals surface area (Å²) in [5, 5.41) is 17.9. The summed E-state index contributed by atoms with van der Waals surface area (Å²) in [6.45, 7) is 0. The highest BCUT2D eigenvalue weighted by Crippen LogP contribution is 2.34. The maximum atomic E-state index is 10.1. The van der Waals surface area contributed by atoms with Crippen molar-refractivity contribution in [3.8, 4) is 16.9 Å². The SMILES string of the molecule is NC(=S)c1ccc(O)c(-c2cccc3[nH]ncc23)c1. The second-order valence-corrected chi connectivity index (χ2v) is 4.67. The first-order valence-corrected chi connectivity index (χ1v) is 6.13. The molecule has 4 nitrogen and oxygen atoms in total. The molecule has 0 amide bonds. The Morgan fingerprint density at radius 1 is 1.21 bits per heavy atom. The second kappa shape index (κ2) is 4.37. The first kappa shape index (κ1) is 11.7. The number of aromatic amines is 1. The zero-order valence-corrected chi connectivity index (χ0v) is 10.7. The van der Waals surface area contributed by atoms with Crippen LogP contribution in [0.1, 0.15) is 5.56 Å². The van der Waals surface area contributed by atoms with E-state index in [2.05, 4.69) is 10.2 Å². The summed E-state index contributed by atoms with van der Waals surface area (Å²) >= 11 is 4.97. The van der Waals surface area contributed by atoms with Gasteiger partial charge in [0.15, 0.2) is 0 Å². The minimum absolute atomic E-state index is 0.189. The lowest BCUT2D eigenvalue weighted by atomic mass is 9.99. The average molecular weight is 269 g/mol. The Morgan fingerprint density at radius 2 is 2.05 bits per heavy atom. The summed E-state index contributed by atoms with van der Waals surface area (Å²) in [6, 6.07) is 10.9. The number of aromatic hydroxyl groups is 1. The van der Waals surface area contributed by atoms with Crippen LogP contribution >= 0.6 is 12.2 Å². The fourth-order valence-corrected chi connectivity index (χ4v) is 2.24. The molecule has 5 heteroatoms. The third-order valence-electron chi connectivity index (χ3n) is 3.06. The van der Waals surface area contributed by atoms with E-state index in [-0.39, 0.29) is 5.75 Å². The first-order valence-electron chi connectivity index (χ1n) is 5.72. The van der Waals surface area contributed by atoms with Gasteiger partial charge in [-0.05, 0) is 29.8 Å². The van der Waals surface area contributed by atoms with Crippen LogP contribution in [0.5, 0.6) is 5.75 Å². The molecule has 0 aliphatic carbocycles. The van der Waals surface area contributed by atoms with Gasteiger partial charge in [0.25, 0.3) is 0 Å². The Labute approximate surface area is 114 Å². The molecule has 0 fully saturated rings. The molecule has 4 N–H and O–H groups in total. The van der Waals surface area contributed by atoms with Crippen molar-refractivity contribution in [3.63, 3.8) is 0 Å². The van der Waals surface area contributed by atoms with Gasteiger partial charge in [0.05, 0.1) is 11.7 Å². The number of thiocarbonyl (C=S) groups is 1. The number of rotatable bonds is 2. The van der Waals surface area contributed by atoms with E-state index in [0.717, 1.165) is 22.0 Å². The number of fused-ring (bicyclic) bond motifs is 1. The van der Waals surface area contributed by atoms with Crippen molar-refractivity contribution < 1.29 is 5.11 Å². The Hall–Kier alpha value is -2.40. The van der Waals surface area contributed by atoms with Gasteiger partial charge in [0.1, 0.15) is 10.7 Å². The molecule has 0 unspecified atom stereocenters. The molecule has 0 radical (unpaired) electrons. The van der Waals surface area contributed by atoms with E-state index >= 15 is 0 Å². The zero-order valence-electron chi connectivity index (χ0n) is 9.92. The summed E-state index contributed by atoms with van der Waals surface area (Å²) in [7, 11) is 0. The van der Waals surface area contributed by atoms with Crippen molar-refractivity contribution in [1.29, 1.82) is 0 Å². The molecule has 2 aromatic carbocycles. The van der Waals surface area contributed by atoms with Gasteiger partial charge in [-0.3, -0.25) is 5.10 Å². The molecule has 0 aliphatic rings. The molecule has 3 aromatic rings. The maximum absolute atomic E-state index is 10.1. The Morgan fingerprint density at radius 3 is 2.84 bits per heavy atom. The molecule has 94 valence electrons. The largest absolute Gasteiger partial charge is 0.507 e. The summed E-state index contributed by atoms with van der Waals surface area (Å²) < 4.78 is 0. The van der Waals surface area contributed by atoms with Crippen molar-refractivity contribution in [3.05, 3.63) is 48.2 Å². The molecule has 3 rings (SSSR count). The van der Waals surface area contributed by atoms with Gasteiger partial charge in [-0.1, -0.05) is 24.4 Å². The van der Waals surface area contributed by atoms with Gasteiger partial charge >= 0.3 is 0 Å². The van der Waals surface area contributed by atoms with Crippen LogP contribution < -0.4 is 5.73 Å². The van der Waals surface area contributed by atoms with E-state index in [0.29, 0.717) is 10.6 Å². The van der Waals surface area contributed by atoms with E-state index in [1.165, 1.54) is 0 Å². The van der Waals surface area contributed by atoms with E-state index in [1.807, 2.05) is 18.2 Å². The lowest BCUT2D eigenvalue weighted by Crippen LogP contribution is -2.09. The number of nitrogens with one attached hydrogen (secondary N) is 1. The van der Waals surface area contributed by atoms with Crippen LogP contribution in [0.15, 0.2) is 42.6 Å². The van der Waals surface area contributed by atoms with Crippen LogP contribution in [0.2, 0.25) is 0 Å². The fourth-order valence-electron chi connectivity index (χ4n) is 2.11. The highest BCUT2D eigenvalue weighted by Gasteiger charge is 2.11. The van der Waals surface area contributed by atoms with Crippen LogP contribution in [-0.4, -0.2) is 20.3 Å². The molecule has 0 atom stereocenters. The number of aromatic nitrogens is 2. The van der Waals surface area contributed by atoms with Crippen LogP contribution in [0.3, 0.4) is 0 Å². The minimum Gasteiger partial charge on any atom is -0.507 e. The first-order chi connectivity index (χ1) is 9.16. The summed E-state index contributed by atoms with van der Waals surface area (Å²) in [5.74, 6) is 0.189. The summed E-state index contributed by atoms with van der Waals surface area (Å²) in [6.07, 6.45) is 1.73. The molecule has 0 spiro atoms. The summed E-state index contributed by atoms with van der Waals surface area (Å²) in [4.78, 5) is 0.306. The monoisotopic (exact) mass is 269 g/mol. The molecule has 0 bridgehead atoms. The van der Waals surface area contributed by atoms with Crippen LogP contribution in [0.25, 0.3) is 22.0 Å². The summed E-state index contributed by atoms with van der Waals surface area (Å²) in [5.41, 5.74) is 8.86. The lowest BCUT2D eigenvalue weighted by molar-refractivity contribution is 0.477. The molecule has 19 heavy (non-hydrogen) atoms. The predicted octanol–water partition coefficient (Wildman–Crippen LogP) is 2.57. The molecule has 0 saturated heterocycles. The third-order valence-corrected chi connectivity index (χ3v) is 3.29. The minimum atomic E-state index is 0.189. The fraction of sp³-hybridized carbons (Fsp3) is 0. The van der Waals surface area contributed by atoms with Crippen molar-refractivity contribution in [1.82, 2.24) is 10.2 Å². The van der Waals surface area contributed by atoms with Gasteiger partial charge in [-0.15, -0.1) is 0 Å². The molecular weight excluding hydrogens is 258 g/mol. The van der Waals surface area contributed by atoms with Crippen LogP contribution in [0.4, 0.5) is 0 Å². The second-order valence-electron chi connectivity index (χ2n) is 4.23. The molecular formula is C14H11N3OS. The Balaban J connectivity index is 2.29. The number of phenols is 1. The van der Waals surface area contributed by atoms with E-state index < -0.39 is 0 Å². The Kier molecular flexibility index (Phi) is 2.68. The lowest BCUT2D eigenvalue weighted by Gasteiger charge is -2.08.